The lowest BCUT2D eigenvalue weighted by Gasteiger charge is -2.38. The average molecular weight is 290 g/mol. The number of amides is 1. The van der Waals surface area contributed by atoms with Gasteiger partial charge >= 0.3 is 0 Å². The van der Waals surface area contributed by atoms with Gasteiger partial charge in [0, 0.05) is 19.0 Å². The first-order valence-electron chi connectivity index (χ1n) is 8.26. The van der Waals surface area contributed by atoms with Crippen molar-refractivity contribution in [2.75, 3.05) is 6.54 Å². The third kappa shape index (κ3) is 2.70. The fourth-order valence-corrected chi connectivity index (χ4v) is 3.88. The Bertz CT molecular complexity index is 502. The van der Waals surface area contributed by atoms with Crippen molar-refractivity contribution in [2.24, 2.45) is 17.8 Å². The number of hydrogen-bond donors (Lipinski definition) is 0. The summed E-state index contributed by atoms with van der Waals surface area (Å²) in [6.07, 6.45) is 6.27. The molecule has 1 fully saturated rings. The van der Waals surface area contributed by atoms with Crippen molar-refractivity contribution in [3.8, 4) is 0 Å². The molecule has 1 amide bonds. The van der Waals surface area contributed by atoms with Crippen LogP contribution in [0, 0.1) is 17.8 Å². The van der Waals surface area contributed by atoms with E-state index in [0.717, 1.165) is 43.6 Å². The normalized spacial score (nSPS) is 29.5. The molecule has 1 aliphatic carbocycles. The van der Waals surface area contributed by atoms with E-state index >= 15 is 0 Å². The highest BCUT2D eigenvalue weighted by Crippen LogP contribution is 2.35. The molecule has 0 radical (unpaired) electrons. The van der Waals surface area contributed by atoms with Gasteiger partial charge in [0.15, 0.2) is 5.82 Å². The van der Waals surface area contributed by atoms with Gasteiger partial charge < -0.3 is 9.47 Å². The van der Waals surface area contributed by atoms with Crippen LogP contribution in [0.1, 0.15) is 58.3 Å². The highest BCUT2D eigenvalue weighted by molar-refractivity contribution is 5.79. The zero-order chi connectivity index (χ0) is 15.0. The summed E-state index contributed by atoms with van der Waals surface area (Å²) in [5.74, 6) is 3.02. The molecule has 1 aliphatic heterocycles. The molecule has 1 aromatic rings. The van der Waals surface area contributed by atoms with E-state index in [9.17, 15) is 4.79 Å². The molecule has 0 bridgehead atoms. The second kappa shape index (κ2) is 5.78. The van der Waals surface area contributed by atoms with Crippen molar-refractivity contribution in [2.45, 2.75) is 59.0 Å². The number of aromatic nitrogens is 3. The molecule has 3 rings (SSSR count). The lowest BCUT2D eigenvalue weighted by Crippen LogP contribution is -2.44. The predicted molar refractivity (Wildman–Crippen MR) is 80.4 cm³/mol. The van der Waals surface area contributed by atoms with E-state index < -0.39 is 0 Å². The maximum Gasteiger partial charge on any atom is 0.226 e. The molecule has 5 heteroatoms. The van der Waals surface area contributed by atoms with E-state index in [1.54, 1.807) is 6.33 Å². The van der Waals surface area contributed by atoms with E-state index in [1.165, 1.54) is 12.8 Å². The Hall–Kier alpha value is -1.39. The number of rotatable bonds is 2. The van der Waals surface area contributed by atoms with Crippen LogP contribution in [0.15, 0.2) is 6.33 Å². The molecule has 0 saturated heterocycles. The lowest BCUT2D eigenvalue weighted by atomic mass is 9.76. The Labute approximate surface area is 126 Å². The molecule has 0 spiro atoms. The van der Waals surface area contributed by atoms with Crippen molar-refractivity contribution >= 4 is 5.91 Å². The summed E-state index contributed by atoms with van der Waals surface area (Å²) < 4.78 is 2.06. The summed E-state index contributed by atoms with van der Waals surface area (Å²) in [4.78, 5) is 14.9. The maximum atomic E-state index is 12.8. The Morgan fingerprint density at radius 2 is 1.95 bits per heavy atom. The van der Waals surface area contributed by atoms with Crippen LogP contribution in [0.2, 0.25) is 0 Å². The van der Waals surface area contributed by atoms with Gasteiger partial charge in [0.1, 0.15) is 6.33 Å². The first-order valence-corrected chi connectivity index (χ1v) is 8.26. The molecule has 1 saturated carbocycles. The molecular weight excluding hydrogens is 264 g/mol. The van der Waals surface area contributed by atoms with Crippen LogP contribution in [-0.2, 0) is 11.3 Å². The molecule has 5 nitrogen and oxygen atoms in total. The van der Waals surface area contributed by atoms with Gasteiger partial charge in [-0.05, 0) is 44.4 Å². The van der Waals surface area contributed by atoms with Crippen LogP contribution >= 0.6 is 0 Å². The lowest BCUT2D eigenvalue weighted by molar-refractivity contribution is -0.140. The van der Waals surface area contributed by atoms with Gasteiger partial charge in [0.25, 0.3) is 0 Å². The van der Waals surface area contributed by atoms with Crippen LogP contribution in [0.25, 0.3) is 0 Å². The monoisotopic (exact) mass is 290 g/mol. The van der Waals surface area contributed by atoms with E-state index in [-0.39, 0.29) is 12.0 Å². The summed E-state index contributed by atoms with van der Waals surface area (Å²) in [6.45, 7) is 8.27. The summed E-state index contributed by atoms with van der Waals surface area (Å²) in [6, 6.07) is 0.0524. The SMILES string of the molecule is CC(C)C1CCC(C(=O)N2CCn3cnnc3[C@@H]2C)CC1. The third-order valence-electron chi connectivity index (χ3n) is 5.42. The van der Waals surface area contributed by atoms with E-state index in [1.807, 2.05) is 4.90 Å². The number of nitrogens with zero attached hydrogens (tertiary/aromatic N) is 4. The van der Waals surface area contributed by atoms with Gasteiger partial charge in [0.05, 0.1) is 6.04 Å². The molecule has 116 valence electrons. The summed E-state index contributed by atoms with van der Waals surface area (Å²) in [5, 5.41) is 8.13. The maximum absolute atomic E-state index is 12.8. The van der Waals surface area contributed by atoms with Crippen molar-refractivity contribution in [1.82, 2.24) is 19.7 Å². The van der Waals surface area contributed by atoms with E-state index in [4.69, 9.17) is 0 Å². The summed E-state index contributed by atoms with van der Waals surface area (Å²) >= 11 is 0. The minimum atomic E-state index is 0.0524. The van der Waals surface area contributed by atoms with Gasteiger partial charge in [-0.25, -0.2) is 0 Å². The van der Waals surface area contributed by atoms with Gasteiger partial charge in [-0.2, -0.15) is 0 Å². The average Bonchev–Trinajstić information content (AvgIpc) is 2.96. The van der Waals surface area contributed by atoms with E-state index in [0.29, 0.717) is 5.91 Å². The standard InChI is InChI=1S/C16H26N4O/c1-11(2)13-4-6-14(7-5-13)16(21)20-9-8-19-10-17-18-15(19)12(20)3/h10-14H,4-9H2,1-3H3/t12-,13?,14?/m0/s1. The van der Waals surface area contributed by atoms with Gasteiger partial charge in [0.2, 0.25) is 5.91 Å². The molecular formula is C16H26N4O. The smallest absolute Gasteiger partial charge is 0.226 e. The Morgan fingerprint density at radius 1 is 1.24 bits per heavy atom. The Morgan fingerprint density at radius 3 is 2.62 bits per heavy atom. The summed E-state index contributed by atoms with van der Waals surface area (Å²) in [5.41, 5.74) is 0. The minimum Gasteiger partial charge on any atom is -0.331 e. The summed E-state index contributed by atoms with van der Waals surface area (Å²) in [7, 11) is 0. The highest BCUT2D eigenvalue weighted by atomic mass is 16.2. The molecule has 1 aromatic heterocycles. The van der Waals surface area contributed by atoms with Gasteiger partial charge in [-0.1, -0.05) is 13.8 Å². The Balaban J connectivity index is 1.64. The first kappa shape index (κ1) is 14.5. The minimum absolute atomic E-state index is 0.0524. The van der Waals surface area contributed by atoms with Crippen LogP contribution in [0.4, 0.5) is 0 Å². The molecule has 21 heavy (non-hydrogen) atoms. The van der Waals surface area contributed by atoms with Gasteiger partial charge in [-0.3, -0.25) is 4.79 Å². The van der Waals surface area contributed by atoms with Crippen LogP contribution in [-0.4, -0.2) is 32.1 Å². The fraction of sp³-hybridized carbons (Fsp3) is 0.812. The quantitative estimate of drug-likeness (QED) is 0.841. The van der Waals surface area contributed by atoms with Crippen molar-refractivity contribution in [3.05, 3.63) is 12.2 Å². The highest BCUT2D eigenvalue weighted by Gasteiger charge is 2.35. The zero-order valence-electron chi connectivity index (χ0n) is 13.3. The fourth-order valence-electron chi connectivity index (χ4n) is 3.88. The van der Waals surface area contributed by atoms with Crippen LogP contribution in [0.3, 0.4) is 0 Å². The number of carbonyl (C=O) groups excluding carboxylic acids is 1. The third-order valence-corrected chi connectivity index (χ3v) is 5.42. The second-order valence-electron chi connectivity index (χ2n) is 6.95. The predicted octanol–water partition coefficient (Wildman–Crippen LogP) is 2.64. The molecule has 0 unspecified atom stereocenters. The number of hydrogen-bond acceptors (Lipinski definition) is 3. The Kier molecular flexibility index (Phi) is 4.00. The first-order chi connectivity index (χ1) is 10.1. The van der Waals surface area contributed by atoms with Crippen molar-refractivity contribution < 1.29 is 4.79 Å². The number of carbonyl (C=O) groups is 1. The topological polar surface area (TPSA) is 51.0 Å². The molecule has 0 aromatic carbocycles. The van der Waals surface area contributed by atoms with Crippen molar-refractivity contribution in [1.29, 1.82) is 0 Å². The number of fused-ring (bicyclic) bond motifs is 1. The van der Waals surface area contributed by atoms with E-state index in [2.05, 4.69) is 35.5 Å². The second-order valence-corrected chi connectivity index (χ2v) is 6.95. The molecule has 0 N–H and O–H groups in total. The van der Waals surface area contributed by atoms with Crippen molar-refractivity contribution in [3.63, 3.8) is 0 Å². The molecule has 2 heterocycles. The largest absolute Gasteiger partial charge is 0.331 e. The molecule has 2 aliphatic rings. The molecule has 1 atom stereocenters. The van der Waals surface area contributed by atoms with Crippen LogP contribution < -0.4 is 0 Å². The van der Waals surface area contributed by atoms with Crippen LogP contribution in [0.5, 0.6) is 0 Å². The zero-order valence-corrected chi connectivity index (χ0v) is 13.3. The van der Waals surface area contributed by atoms with Gasteiger partial charge in [-0.15, -0.1) is 10.2 Å².